The van der Waals surface area contributed by atoms with Gasteiger partial charge in [0, 0.05) is 11.7 Å². The van der Waals surface area contributed by atoms with E-state index in [1.165, 1.54) is 18.5 Å². The van der Waals surface area contributed by atoms with Crippen molar-refractivity contribution >= 4 is 0 Å². The number of aryl methyl sites for hydroxylation is 2. The summed E-state index contributed by atoms with van der Waals surface area (Å²) in [4.78, 5) is 6.59. The molecule has 1 saturated heterocycles. The Morgan fingerprint density at radius 1 is 1.53 bits per heavy atom. The number of likely N-dealkylation sites (tertiary alicyclic amines) is 1. The molecule has 0 radical (unpaired) electrons. The maximum Gasteiger partial charge on any atom is 0.137 e. The summed E-state index contributed by atoms with van der Waals surface area (Å²) in [5.74, 6) is 0.887. The zero-order chi connectivity index (χ0) is 10.8. The lowest BCUT2D eigenvalue weighted by molar-refractivity contribution is 0.0767. The maximum absolute atomic E-state index is 5.71. The lowest BCUT2D eigenvalue weighted by Gasteiger charge is -2.37. The van der Waals surface area contributed by atoms with E-state index in [1.807, 2.05) is 6.92 Å². The van der Waals surface area contributed by atoms with E-state index in [0.717, 1.165) is 18.1 Å². The number of nitrogens with zero attached hydrogens (tertiary/aromatic N) is 2. The molecule has 3 heteroatoms. The van der Waals surface area contributed by atoms with Crippen LogP contribution in [0.4, 0.5) is 0 Å². The fourth-order valence-electron chi connectivity index (χ4n) is 1.67. The van der Waals surface area contributed by atoms with Crippen LogP contribution >= 0.6 is 0 Å². The summed E-state index contributed by atoms with van der Waals surface area (Å²) in [6.45, 7) is 6.05. The summed E-state index contributed by atoms with van der Waals surface area (Å²) in [6, 6.07) is 2.65. The van der Waals surface area contributed by atoms with Crippen LogP contribution in [0.2, 0.25) is 0 Å². The molecular weight excluding hydrogens is 188 g/mol. The minimum Gasteiger partial charge on any atom is -0.490 e. The van der Waals surface area contributed by atoms with E-state index in [2.05, 4.69) is 29.9 Å². The first-order valence-corrected chi connectivity index (χ1v) is 5.43. The third-order valence-corrected chi connectivity index (χ3v) is 3.20. The maximum atomic E-state index is 5.71. The van der Waals surface area contributed by atoms with Gasteiger partial charge in [-0.05, 0) is 45.5 Å². The quantitative estimate of drug-likeness (QED) is 0.754. The van der Waals surface area contributed by atoms with Crippen molar-refractivity contribution in [1.82, 2.24) is 9.88 Å². The fraction of sp³-hybridized carbons (Fsp3) is 0.583. The molecule has 2 heterocycles. The molecule has 0 saturated carbocycles. The van der Waals surface area contributed by atoms with Crippen LogP contribution in [0.25, 0.3) is 0 Å². The van der Waals surface area contributed by atoms with E-state index in [4.69, 9.17) is 4.74 Å². The predicted octanol–water partition coefficient (Wildman–Crippen LogP) is 1.78. The summed E-state index contributed by atoms with van der Waals surface area (Å²) < 4.78 is 5.71. The summed E-state index contributed by atoms with van der Waals surface area (Å²) in [5.41, 5.74) is 2.26. The molecule has 0 spiro atoms. The third-order valence-electron chi connectivity index (χ3n) is 3.20. The lowest BCUT2D eigenvalue weighted by atomic mass is 10.1. The van der Waals surface area contributed by atoms with Gasteiger partial charge in [-0.15, -0.1) is 0 Å². The minimum atomic E-state index is 0.589. The van der Waals surface area contributed by atoms with Gasteiger partial charge in [0.1, 0.15) is 12.4 Å². The average molecular weight is 206 g/mol. The zero-order valence-corrected chi connectivity index (χ0v) is 9.66. The fourth-order valence-corrected chi connectivity index (χ4v) is 1.67. The topological polar surface area (TPSA) is 25.4 Å². The Hall–Kier alpha value is -1.09. The molecule has 1 aliphatic rings. The molecule has 0 aromatic carbocycles. The second-order valence-electron chi connectivity index (χ2n) is 4.31. The largest absolute Gasteiger partial charge is 0.490 e. The highest BCUT2D eigenvalue weighted by Crippen LogP contribution is 2.18. The van der Waals surface area contributed by atoms with Crippen molar-refractivity contribution in [3.8, 4) is 5.75 Å². The highest BCUT2D eigenvalue weighted by Gasteiger charge is 2.24. The summed E-state index contributed by atoms with van der Waals surface area (Å²) in [5, 5.41) is 0. The van der Waals surface area contributed by atoms with Gasteiger partial charge < -0.3 is 4.74 Å². The van der Waals surface area contributed by atoms with Crippen molar-refractivity contribution in [2.24, 2.45) is 0 Å². The van der Waals surface area contributed by atoms with Gasteiger partial charge in [0.15, 0.2) is 0 Å². The van der Waals surface area contributed by atoms with Crippen LogP contribution in [0.15, 0.2) is 12.3 Å². The van der Waals surface area contributed by atoms with Gasteiger partial charge in [0.2, 0.25) is 0 Å². The van der Waals surface area contributed by atoms with E-state index in [-0.39, 0.29) is 0 Å². The molecule has 0 bridgehead atoms. The van der Waals surface area contributed by atoms with Crippen molar-refractivity contribution in [3.05, 3.63) is 23.5 Å². The third kappa shape index (κ3) is 2.29. The van der Waals surface area contributed by atoms with E-state index in [1.54, 1.807) is 6.20 Å². The SMILES string of the molecule is Cc1cc(OCC2CCN2C)cnc1C. The van der Waals surface area contributed by atoms with Crippen molar-refractivity contribution in [2.45, 2.75) is 26.3 Å². The number of hydrogen-bond donors (Lipinski definition) is 0. The number of likely N-dealkylation sites (N-methyl/N-ethyl adjacent to an activating group) is 1. The van der Waals surface area contributed by atoms with Crippen molar-refractivity contribution in [1.29, 1.82) is 0 Å². The number of pyridine rings is 1. The Bertz CT molecular complexity index is 351. The number of hydrogen-bond acceptors (Lipinski definition) is 3. The zero-order valence-electron chi connectivity index (χ0n) is 9.66. The molecule has 0 amide bonds. The van der Waals surface area contributed by atoms with Gasteiger partial charge in [-0.3, -0.25) is 9.88 Å². The summed E-state index contributed by atoms with van der Waals surface area (Å²) >= 11 is 0. The monoisotopic (exact) mass is 206 g/mol. The van der Waals surface area contributed by atoms with Crippen LogP contribution in [0.1, 0.15) is 17.7 Å². The first-order valence-electron chi connectivity index (χ1n) is 5.43. The summed E-state index contributed by atoms with van der Waals surface area (Å²) in [7, 11) is 2.14. The van der Waals surface area contributed by atoms with Crippen LogP contribution < -0.4 is 4.74 Å². The average Bonchev–Trinajstić information content (AvgIpc) is 2.21. The van der Waals surface area contributed by atoms with Gasteiger partial charge in [0.25, 0.3) is 0 Å². The number of aromatic nitrogens is 1. The van der Waals surface area contributed by atoms with Gasteiger partial charge in [-0.2, -0.15) is 0 Å². The van der Waals surface area contributed by atoms with Gasteiger partial charge in [-0.25, -0.2) is 0 Å². The molecule has 3 nitrogen and oxygen atoms in total. The van der Waals surface area contributed by atoms with Crippen LogP contribution in [0, 0.1) is 13.8 Å². The molecule has 1 aromatic rings. The molecule has 1 atom stereocenters. The first kappa shape index (κ1) is 10.4. The summed E-state index contributed by atoms with van der Waals surface area (Å²) in [6.07, 6.45) is 3.05. The molecular formula is C12H18N2O. The van der Waals surface area contributed by atoms with Crippen LogP contribution in [-0.2, 0) is 0 Å². The van der Waals surface area contributed by atoms with Crippen molar-refractivity contribution in [2.75, 3.05) is 20.2 Å². The Morgan fingerprint density at radius 3 is 2.87 bits per heavy atom. The molecule has 1 aromatic heterocycles. The van der Waals surface area contributed by atoms with Gasteiger partial charge in [0.05, 0.1) is 6.20 Å². The number of rotatable bonds is 3. The molecule has 0 aliphatic carbocycles. The predicted molar refractivity (Wildman–Crippen MR) is 60.2 cm³/mol. The van der Waals surface area contributed by atoms with Gasteiger partial charge >= 0.3 is 0 Å². The van der Waals surface area contributed by atoms with E-state index < -0.39 is 0 Å². The van der Waals surface area contributed by atoms with Crippen LogP contribution in [0.5, 0.6) is 5.75 Å². The Morgan fingerprint density at radius 2 is 2.33 bits per heavy atom. The molecule has 2 rings (SSSR count). The Balaban J connectivity index is 1.90. The highest BCUT2D eigenvalue weighted by atomic mass is 16.5. The van der Waals surface area contributed by atoms with E-state index >= 15 is 0 Å². The normalized spacial score (nSPS) is 21.1. The molecule has 82 valence electrons. The smallest absolute Gasteiger partial charge is 0.137 e. The standard InChI is InChI=1S/C12H18N2O/c1-9-6-12(7-13-10(9)2)15-8-11-4-5-14(11)3/h6-7,11H,4-5,8H2,1-3H3. The van der Waals surface area contributed by atoms with Crippen LogP contribution in [0.3, 0.4) is 0 Å². The second kappa shape index (κ2) is 4.19. The number of ether oxygens (including phenoxy) is 1. The van der Waals surface area contributed by atoms with Gasteiger partial charge in [-0.1, -0.05) is 0 Å². The van der Waals surface area contributed by atoms with E-state index in [0.29, 0.717) is 6.04 Å². The minimum absolute atomic E-state index is 0.589. The van der Waals surface area contributed by atoms with Crippen molar-refractivity contribution < 1.29 is 4.74 Å². The highest BCUT2D eigenvalue weighted by molar-refractivity contribution is 5.27. The van der Waals surface area contributed by atoms with Crippen molar-refractivity contribution in [3.63, 3.8) is 0 Å². The lowest BCUT2D eigenvalue weighted by Crippen LogP contribution is -2.48. The first-order chi connectivity index (χ1) is 7.16. The molecule has 1 unspecified atom stereocenters. The van der Waals surface area contributed by atoms with Crippen LogP contribution in [-0.4, -0.2) is 36.1 Å². The second-order valence-corrected chi connectivity index (χ2v) is 4.31. The Labute approximate surface area is 91.1 Å². The molecule has 15 heavy (non-hydrogen) atoms. The Kier molecular flexibility index (Phi) is 2.91. The molecule has 1 aliphatic heterocycles. The van der Waals surface area contributed by atoms with E-state index in [9.17, 15) is 0 Å². The molecule has 1 fully saturated rings. The molecule has 0 N–H and O–H groups in total.